The van der Waals surface area contributed by atoms with Crippen LogP contribution in [0, 0.1) is 11.8 Å². The van der Waals surface area contributed by atoms with E-state index >= 15 is 0 Å². The Morgan fingerprint density at radius 2 is 1.89 bits per heavy atom. The SMILES string of the molecule is CC(CO)C(C)NC(=O)NC(C)C1CCOCC1. The van der Waals surface area contributed by atoms with Crippen molar-refractivity contribution < 1.29 is 14.6 Å². The van der Waals surface area contributed by atoms with E-state index in [4.69, 9.17) is 9.84 Å². The molecule has 3 unspecified atom stereocenters. The number of hydrogen-bond acceptors (Lipinski definition) is 3. The molecule has 2 amide bonds. The molecule has 0 aromatic carbocycles. The van der Waals surface area contributed by atoms with E-state index in [9.17, 15) is 4.79 Å². The summed E-state index contributed by atoms with van der Waals surface area (Å²) in [6, 6.07) is -0.0239. The molecule has 1 aliphatic heterocycles. The lowest BCUT2D eigenvalue weighted by Gasteiger charge is -2.29. The van der Waals surface area contributed by atoms with Gasteiger partial charge in [-0.15, -0.1) is 0 Å². The summed E-state index contributed by atoms with van der Waals surface area (Å²) >= 11 is 0. The zero-order valence-corrected chi connectivity index (χ0v) is 11.6. The third-order valence-electron chi connectivity index (χ3n) is 3.83. The van der Waals surface area contributed by atoms with E-state index in [1.54, 1.807) is 0 Å². The fourth-order valence-electron chi connectivity index (χ4n) is 2.09. The Bertz CT molecular complexity index is 255. The molecule has 1 rings (SSSR count). The van der Waals surface area contributed by atoms with Crippen LogP contribution in [0.2, 0.25) is 0 Å². The molecular weight excluding hydrogens is 232 g/mol. The van der Waals surface area contributed by atoms with E-state index in [0.717, 1.165) is 26.1 Å². The van der Waals surface area contributed by atoms with Crippen LogP contribution in [0.1, 0.15) is 33.6 Å². The number of hydrogen-bond donors (Lipinski definition) is 3. The summed E-state index contributed by atoms with van der Waals surface area (Å²) in [6.07, 6.45) is 2.01. The summed E-state index contributed by atoms with van der Waals surface area (Å²) < 4.78 is 5.31. The molecular formula is C13H26N2O3. The smallest absolute Gasteiger partial charge is 0.315 e. The molecule has 3 N–H and O–H groups in total. The van der Waals surface area contributed by atoms with Crippen molar-refractivity contribution in [2.24, 2.45) is 11.8 Å². The van der Waals surface area contributed by atoms with E-state index in [1.165, 1.54) is 0 Å². The van der Waals surface area contributed by atoms with Crippen molar-refractivity contribution in [2.75, 3.05) is 19.8 Å². The van der Waals surface area contributed by atoms with Crippen LogP contribution in [0.25, 0.3) is 0 Å². The highest BCUT2D eigenvalue weighted by Gasteiger charge is 2.22. The van der Waals surface area contributed by atoms with Crippen LogP contribution in [-0.2, 0) is 4.74 Å². The van der Waals surface area contributed by atoms with Crippen molar-refractivity contribution >= 4 is 6.03 Å². The van der Waals surface area contributed by atoms with Crippen LogP contribution in [-0.4, -0.2) is 43.0 Å². The van der Waals surface area contributed by atoms with Crippen LogP contribution in [0.15, 0.2) is 0 Å². The van der Waals surface area contributed by atoms with E-state index in [0.29, 0.717) is 5.92 Å². The molecule has 1 heterocycles. The average Bonchev–Trinajstić information content (AvgIpc) is 2.38. The lowest BCUT2D eigenvalue weighted by atomic mass is 9.93. The maximum absolute atomic E-state index is 11.8. The van der Waals surface area contributed by atoms with Gasteiger partial charge in [0, 0.05) is 31.9 Å². The summed E-state index contributed by atoms with van der Waals surface area (Å²) in [5, 5.41) is 14.8. The van der Waals surface area contributed by atoms with Crippen molar-refractivity contribution in [3.63, 3.8) is 0 Å². The second-order valence-electron chi connectivity index (χ2n) is 5.30. The van der Waals surface area contributed by atoms with Gasteiger partial charge < -0.3 is 20.5 Å². The van der Waals surface area contributed by atoms with E-state index in [-0.39, 0.29) is 30.6 Å². The van der Waals surface area contributed by atoms with Gasteiger partial charge in [-0.25, -0.2) is 4.79 Å². The minimum absolute atomic E-state index is 0.0307. The number of urea groups is 1. The van der Waals surface area contributed by atoms with Gasteiger partial charge in [0.15, 0.2) is 0 Å². The minimum atomic E-state index is -0.151. The van der Waals surface area contributed by atoms with Crippen LogP contribution in [0.3, 0.4) is 0 Å². The highest BCUT2D eigenvalue weighted by molar-refractivity contribution is 5.74. The van der Waals surface area contributed by atoms with Gasteiger partial charge in [-0.1, -0.05) is 6.92 Å². The number of aliphatic hydroxyl groups excluding tert-OH is 1. The topological polar surface area (TPSA) is 70.6 Å². The summed E-state index contributed by atoms with van der Waals surface area (Å²) in [7, 11) is 0. The standard InChI is InChI=1S/C13H26N2O3/c1-9(8-16)10(2)14-13(17)15-11(3)12-4-6-18-7-5-12/h9-12,16H,4-8H2,1-3H3,(H2,14,15,17). The predicted octanol–water partition coefficient (Wildman–Crippen LogP) is 1.12. The fraction of sp³-hybridized carbons (Fsp3) is 0.923. The third kappa shape index (κ3) is 4.82. The van der Waals surface area contributed by atoms with Gasteiger partial charge in [-0.2, -0.15) is 0 Å². The van der Waals surface area contributed by atoms with Crippen molar-refractivity contribution in [3.8, 4) is 0 Å². The lowest BCUT2D eigenvalue weighted by Crippen LogP contribution is -2.49. The Labute approximate surface area is 109 Å². The molecule has 0 spiro atoms. The average molecular weight is 258 g/mol. The molecule has 0 aromatic heterocycles. The number of amides is 2. The summed E-state index contributed by atoms with van der Waals surface area (Å²) in [4.78, 5) is 11.8. The first kappa shape index (κ1) is 15.2. The molecule has 5 nitrogen and oxygen atoms in total. The zero-order chi connectivity index (χ0) is 13.5. The number of ether oxygens (including phenoxy) is 1. The van der Waals surface area contributed by atoms with Crippen LogP contribution in [0.4, 0.5) is 4.79 Å². The summed E-state index contributed by atoms with van der Waals surface area (Å²) in [6.45, 7) is 7.51. The van der Waals surface area contributed by atoms with Gasteiger partial charge in [-0.3, -0.25) is 0 Å². The van der Waals surface area contributed by atoms with Crippen molar-refractivity contribution in [1.82, 2.24) is 10.6 Å². The molecule has 1 aliphatic rings. The monoisotopic (exact) mass is 258 g/mol. The Morgan fingerprint density at radius 1 is 1.28 bits per heavy atom. The maximum Gasteiger partial charge on any atom is 0.315 e. The van der Waals surface area contributed by atoms with Gasteiger partial charge in [0.05, 0.1) is 0 Å². The molecule has 0 bridgehead atoms. The molecule has 0 radical (unpaired) electrons. The lowest BCUT2D eigenvalue weighted by molar-refractivity contribution is 0.0570. The largest absolute Gasteiger partial charge is 0.396 e. The molecule has 1 saturated heterocycles. The first-order chi connectivity index (χ1) is 8.54. The minimum Gasteiger partial charge on any atom is -0.396 e. The second-order valence-corrected chi connectivity index (χ2v) is 5.30. The van der Waals surface area contributed by atoms with Gasteiger partial charge in [0.25, 0.3) is 0 Å². The Balaban J connectivity index is 2.30. The van der Waals surface area contributed by atoms with E-state index < -0.39 is 0 Å². The van der Waals surface area contributed by atoms with E-state index in [2.05, 4.69) is 10.6 Å². The van der Waals surface area contributed by atoms with E-state index in [1.807, 2.05) is 20.8 Å². The first-order valence-electron chi connectivity index (χ1n) is 6.80. The Morgan fingerprint density at radius 3 is 2.44 bits per heavy atom. The van der Waals surface area contributed by atoms with Crippen molar-refractivity contribution in [3.05, 3.63) is 0 Å². The number of aliphatic hydroxyl groups is 1. The number of nitrogens with one attached hydrogen (secondary N) is 2. The van der Waals surface area contributed by atoms with Gasteiger partial charge in [0.1, 0.15) is 0 Å². The highest BCUT2D eigenvalue weighted by atomic mass is 16.5. The fourth-order valence-corrected chi connectivity index (χ4v) is 2.09. The third-order valence-corrected chi connectivity index (χ3v) is 3.83. The van der Waals surface area contributed by atoms with Gasteiger partial charge >= 0.3 is 6.03 Å². The maximum atomic E-state index is 11.8. The number of carbonyl (C=O) groups is 1. The number of carbonyl (C=O) groups excluding carboxylic acids is 1. The Hall–Kier alpha value is -0.810. The second kappa shape index (κ2) is 7.59. The number of rotatable bonds is 5. The molecule has 106 valence electrons. The molecule has 0 saturated carbocycles. The summed E-state index contributed by atoms with van der Waals surface area (Å²) in [5.74, 6) is 0.559. The quantitative estimate of drug-likeness (QED) is 0.692. The predicted molar refractivity (Wildman–Crippen MR) is 70.4 cm³/mol. The van der Waals surface area contributed by atoms with Crippen molar-refractivity contribution in [2.45, 2.75) is 45.7 Å². The normalized spacial score (nSPS) is 22.0. The molecule has 0 aliphatic carbocycles. The molecule has 1 fully saturated rings. The molecule has 0 aromatic rings. The van der Waals surface area contributed by atoms with Crippen LogP contribution >= 0.6 is 0 Å². The zero-order valence-electron chi connectivity index (χ0n) is 11.6. The highest BCUT2D eigenvalue weighted by Crippen LogP contribution is 2.18. The molecule has 5 heteroatoms. The van der Waals surface area contributed by atoms with Crippen LogP contribution < -0.4 is 10.6 Å². The molecule has 3 atom stereocenters. The first-order valence-corrected chi connectivity index (χ1v) is 6.80. The van der Waals surface area contributed by atoms with Crippen LogP contribution in [0.5, 0.6) is 0 Å². The van der Waals surface area contributed by atoms with Gasteiger partial charge in [-0.05, 0) is 38.5 Å². The van der Waals surface area contributed by atoms with Crippen molar-refractivity contribution in [1.29, 1.82) is 0 Å². The Kier molecular flexibility index (Phi) is 6.43. The summed E-state index contributed by atoms with van der Waals surface area (Å²) in [5.41, 5.74) is 0. The van der Waals surface area contributed by atoms with Gasteiger partial charge in [0.2, 0.25) is 0 Å². The molecule has 18 heavy (non-hydrogen) atoms.